The van der Waals surface area contributed by atoms with Gasteiger partial charge in [-0.1, -0.05) is 24.3 Å². The van der Waals surface area contributed by atoms with E-state index in [1.165, 1.54) is 0 Å². The van der Waals surface area contributed by atoms with Crippen LogP contribution >= 0.6 is 11.8 Å². The normalized spacial score (nSPS) is 10.1. The zero-order chi connectivity index (χ0) is 14.4. The summed E-state index contributed by atoms with van der Waals surface area (Å²) in [5.41, 5.74) is 3.72. The van der Waals surface area contributed by atoms with E-state index in [0.29, 0.717) is 11.3 Å². The number of rotatable bonds is 5. The van der Waals surface area contributed by atoms with Gasteiger partial charge < -0.3 is 4.74 Å². The number of benzene rings is 2. The summed E-state index contributed by atoms with van der Waals surface area (Å²) in [5, 5.41) is 0. The van der Waals surface area contributed by atoms with Gasteiger partial charge in [0.15, 0.2) is 0 Å². The van der Waals surface area contributed by atoms with Crippen LogP contribution in [0.4, 0.5) is 0 Å². The molecule has 0 unspecified atom stereocenters. The molecule has 2 rings (SSSR count). The number of nitrogens with two attached hydrogens (primary N) is 1. The molecule has 0 saturated heterocycles. The van der Waals surface area contributed by atoms with Gasteiger partial charge in [0.2, 0.25) is 0 Å². The van der Waals surface area contributed by atoms with E-state index >= 15 is 0 Å². The van der Waals surface area contributed by atoms with E-state index in [0.717, 1.165) is 16.2 Å². The van der Waals surface area contributed by atoms with E-state index in [1.807, 2.05) is 42.5 Å². The first kappa shape index (κ1) is 14.4. The number of carbonyl (C=O) groups is 1. The average molecular weight is 288 g/mol. The van der Waals surface area contributed by atoms with Crippen LogP contribution in [0.2, 0.25) is 0 Å². The topological polar surface area (TPSA) is 64.3 Å². The summed E-state index contributed by atoms with van der Waals surface area (Å²) in [4.78, 5) is 12.8. The molecule has 4 nitrogen and oxygen atoms in total. The van der Waals surface area contributed by atoms with Crippen LogP contribution in [0.5, 0.6) is 5.75 Å². The van der Waals surface area contributed by atoms with E-state index in [9.17, 15) is 4.79 Å². The lowest BCUT2D eigenvalue weighted by Crippen LogP contribution is -2.30. The predicted molar refractivity (Wildman–Crippen MR) is 80.7 cm³/mol. The Labute approximate surface area is 122 Å². The molecule has 0 atom stereocenters. The number of hydrogen-bond donors (Lipinski definition) is 2. The van der Waals surface area contributed by atoms with Crippen molar-refractivity contribution in [2.24, 2.45) is 5.84 Å². The summed E-state index contributed by atoms with van der Waals surface area (Å²) in [6, 6.07) is 15.3. The molecule has 2 aromatic carbocycles. The van der Waals surface area contributed by atoms with Gasteiger partial charge in [-0.25, -0.2) is 5.84 Å². The zero-order valence-corrected chi connectivity index (χ0v) is 11.9. The van der Waals surface area contributed by atoms with E-state index in [-0.39, 0.29) is 5.91 Å². The van der Waals surface area contributed by atoms with Crippen molar-refractivity contribution in [3.63, 3.8) is 0 Å². The number of amides is 1. The summed E-state index contributed by atoms with van der Waals surface area (Å²) in [7, 11) is 1.64. The Balaban J connectivity index is 2.12. The van der Waals surface area contributed by atoms with Gasteiger partial charge in [-0.15, -0.1) is 11.8 Å². The Morgan fingerprint density at radius 1 is 1.25 bits per heavy atom. The third-order valence-electron chi connectivity index (χ3n) is 2.83. The summed E-state index contributed by atoms with van der Waals surface area (Å²) >= 11 is 1.64. The molecule has 0 heterocycles. The Hall–Kier alpha value is -1.98. The van der Waals surface area contributed by atoms with Crippen LogP contribution < -0.4 is 16.0 Å². The lowest BCUT2D eigenvalue weighted by atomic mass is 10.1. The first-order valence-corrected chi connectivity index (χ1v) is 7.09. The van der Waals surface area contributed by atoms with Crippen molar-refractivity contribution in [3.05, 3.63) is 59.7 Å². The van der Waals surface area contributed by atoms with Crippen LogP contribution in [-0.2, 0) is 5.75 Å². The highest BCUT2D eigenvalue weighted by Gasteiger charge is 2.09. The average Bonchev–Trinajstić information content (AvgIpc) is 2.52. The largest absolute Gasteiger partial charge is 0.497 e. The van der Waals surface area contributed by atoms with Crippen molar-refractivity contribution in [1.29, 1.82) is 0 Å². The molecule has 0 saturated carbocycles. The maximum Gasteiger partial charge on any atom is 0.265 e. The fourth-order valence-corrected chi connectivity index (χ4v) is 2.75. The molecule has 0 aliphatic heterocycles. The van der Waals surface area contributed by atoms with Crippen LogP contribution in [0.25, 0.3) is 0 Å². The van der Waals surface area contributed by atoms with Gasteiger partial charge in [-0.3, -0.25) is 10.2 Å². The van der Waals surface area contributed by atoms with Crippen molar-refractivity contribution in [1.82, 2.24) is 5.43 Å². The van der Waals surface area contributed by atoms with Crippen molar-refractivity contribution in [2.75, 3.05) is 7.11 Å². The van der Waals surface area contributed by atoms with Gasteiger partial charge >= 0.3 is 0 Å². The number of carbonyl (C=O) groups excluding carboxylic acids is 1. The minimum atomic E-state index is -0.271. The molecular weight excluding hydrogens is 272 g/mol. The highest BCUT2D eigenvalue weighted by molar-refractivity contribution is 7.98. The number of methoxy groups -OCH3 is 1. The van der Waals surface area contributed by atoms with Crippen molar-refractivity contribution < 1.29 is 9.53 Å². The Bertz CT molecular complexity index is 602. The molecule has 0 aromatic heterocycles. The molecule has 104 valence electrons. The maximum atomic E-state index is 11.7. The van der Waals surface area contributed by atoms with Crippen LogP contribution in [0.3, 0.4) is 0 Å². The molecule has 0 aliphatic carbocycles. The highest BCUT2D eigenvalue weighted by atomic mass is 32.2. The summed E-state index contributed by atoms with van der Waals surface area (Å²) < 4.78 is 5.19. The monoisotopic (exact) mass is 288 g/mol. The van der Waals surface area contributed by atoms with Crippen LogP contribution in [-0.4, -0.2) is 13.0 Å². The summed E-state index contributed by atoms with van der Waals surface area (Å²) in [6.07, 6.45) is 0. The number of nitrogen functional groups attached to an aromatic ring is 1. The van der Waals surface area contributed by atoms with Crippen LogP contribution in [0.1, 0.15) is 15.9 Å². The summed E-state index contributed by atoms with van der Waals surface area (Å²) in [6.45, 7) is 0. The number of thioether (sulfide) groups is 1. The molecule has 2 aromatic rings. The molecule has 0 bridgehead atoms. The third-order valence-corrected chi connectivity index (χ3v) is 3.87. The van der Waals surface area contributed by atoms with Gasteiger partial charge in [0.05, 0.1) is 7.11 Å². The molecule has 1 amide bonds. The smallest absolute Gasteiger partial charge is 0.265 e. The Kier molecular flexibility index (Phi) is 5.03. The number of nitrogens with one attached hydrogen (secondary N) is 1. The minimum Gasteiger partial charge on any atom is -0.497 e. The third kappa shape index (κ3) is 3.53. The lowest BCUT2D eigenvalue weighted by Gasteiger charge is -2.08. The minimum absolute atomic E-state index is 0.271. The SMILES string of the molecule is COc1cccc(SCc2ccccc2C(=O)NN)c1. The quantitative estimate of drug-likeness (QED) is 0.384. The van der Waals surface area contributed by atoms with Gasteiger partial charge in [0, 0.05) is 16.2 Å². The van der Waals surface area contributed by atoms with E-state index in [2.05, 4.69) is 5.43 Å². The number of ether oxygens (including phenoxy) is 1. The predicted octanol–water partition coefficient (Wildman–Crippen LogP) is 2.59. The maximum absolute atomic E-state index is 11.7. The van der Waals surface area contributed by atoms with Gasteiger partial charge in [0.25, 0.3) is 5.91 Å². The standard InChI is InChI=1S/C15H16N2O2S/c1-19-12-6-4-7-13(9-12)20-10-11-5-2-3-8-14(11)15(18)17-16/h2-9H,10,16H2,1H3,(H,17,18). The van der Waals surface area contributed by atoms with E-state index in [1.54, 1.807) is 24.9 Å². The second kappa shape index (κ2) is 6.98. The molecule has 5 heteroatoms. The molecular formula is C15H16N2O2S. The van der Waals surface area contributed by atoms with Gasteiger partial charge in [-0.2, -0.15) is 0 Å². The van der Waals surface area contributed by atoms with Crippen molar-refractivity contribution in [3.8, 4) is 5.75 Å². The molecule has 0 aliphatic rings. The highest BCUT2D eigenvalue weighted by Crippen LogP contribution is 2.27. The van der Waals surface area contributed by atoms with E-state index < -0.39 is 0 Å². The fraction of sp³-hybridized carbons (Fsp3) is 0.133. The lowest BCUT2D eigenvalue weighted by molar-refractivity contribution is 0.0953. The Morgan fingerprint density at radius 2 is 2.05 bits per heavy atom. The van der Waals surface area contributed by atoms with Gasteiger partial charge in [0.1, 0.15) is 5.75 Å². The molecule has 0 fully saturated rings. The first-order valence-electron chi connectivity index (χ1n) is 6.10. The zero-order valence-electron chi connectivity index (χ0n) is 11.1. The fourth-order valence-electron chi connectivity index (χ4n) is 1.80. The first-order chi connectivity index (χ1) is 9.74. The summed E-state index contributed by atoms with van der Waals surface area (Å²) in [5.74, 6) is 6.44. The van der Waals surface area contributed by atoms with Crippen LogP contribution in [0, 0.1) is 0 Å². The van der Waals surface area contributed by atoms with Crippen LogP contribution in [0.15, 0.2) is 53.4 Å². The van der Waals surface area contributed by atoms with Crippen molar-refractivity contribution in [2.45, 2.75) is 10.6 Å². The Morgan fingerprint density at radius 3 is 2.80 bits per heavy atom. The number of hydrogen-bond acceptors (Lipinski definition) is 4. The molecule has 0 spiro atoms. The van der Waals surface area contributed by atoms with Crippen molar-refractivity contribution >= 4 is 17.7 Å². The van der Waals surface area contributed by atoms with Gasteiger partial charge in [-0.05, 0) is 29.8 Å². The second-order valence-electron chi connectivity index (χ2n) is 4.10. The molecule has 0 radical (unpaired) electrons. The van der Waals surface area contributed by atoms with E-state index in [4.69, 9.17) is 10.6 Å². The molecule has 3 N–H and O–H groups in total. The second-order valence-corrected chi connectivity index (χ2v) is 5.15. The molecule has 20 heavy (non-hydrogen) atoms. The number of hydrazine groups is 1.